The van der Waals surface area contributed by atoms with E-state index in [2.05, 4.69) is 18.8 Å². The molecular weight excluding hydrogens is 248 g/mol. The molecule has 18 heavy (non-hydrogen) atoms. The van der Waals surface area contributed by atoms with Crippen LogP contribution in [0.15, 0.2) is 23.1 Å². The lowest BCUT2D eigenvalue weighted by Gasteiger charge is -2.12. The Bertz CT molecular complexity index is 631. The van der Waals surface area contributed by atoms with Crippen molar-refractivity contribution in [1.29, 1.82) is 0 Å². The average molecular weight is 265 g/mol. The number of fused-ring (bicyclic) bond motifs is 1. The molecule has 4 heteroatoms. The Hall–Kier alpha value is -1.35. The van der Waals surface area contributed by atoms with Gasteiger partial charge in [-0.25, -0.2) is 4.98 Å². The number of pyridine rings is 2. The van der Waals surface area contributed by atoms with E-state index in [1.807, 2.05) is 13.0 Å². The first-order valence-corrected chi connectivity index (χ1v) is 6.58. The van der Waals surface area contributed by atoms with Gasteiger partial charge in [-0.15, -0.1) is 0 Å². The molecule has 0 amide bonds. The standard InChI is InChI=1S/C14H17ClN2O/c1-4-17-12-7-13(15)16-8-11(12)6-10(14(17)18)5-9(2)3/h6-9H,4-5H2,1-3H3. The van der Waals surface area contributed by atoms with Gasteiger partial charge in [0.25, 0.3) is 5.56 Å². The van der Waals surface area contributed by atoms with E-state index in [9.17, 15) is 4.79 Å². The van der Waals surface area contributed by atoms with Crippen LogP contribution in [0.5, 0.6) is 0 Å². The van der Waals surface area contributed by atoms with Gasteiger partial charge in [0.05, 0.1) is 5.52 Å². The normalized spacial score (nSPS) is 11.4. The third-order valence-electron chi connectivity index (χ3n) is 2.96. The molecule has 96 valence electrons. The Balaban J connectivity index is 2.74. The molecule has 2 aromatic rings. The summed E-state index contributed by atoms with van der Waals surface area (Å²) in [6.07, 6.45) is 2.52. The van der Waals surface area contributed by atoms with Crippen molar-refractivity contribution in [3.8, 4) is 0 Å². The minimum atomic E-state index is 0.0842. The van der Waals surface area contributed by atoms with Crippen LogP contribution in [0.1, 0.15) is 26.3 Å². The van der Waals surface area contributed by atoms with Crippen molar-refractivity contribution < 1.29 is 0 Å². The highest BCUT2D eigenvalue weighted by Gasteiger charge is 2.10. The van der Waals surface area contributed by atoms with Crippen molar-refractivity contribution in [2.24, 2.45) is 5.92 Å². The van der Waals surface area contributed by atoms with Crippen LogP contribution in [0, 0.1) is 5.92 Å². The molecule has 2 rings (SSSR count). The van der Waals surface area contributed by atoms with E-state index in [1.54, 1.807) is 16.8 Å². The molecule has 3 nitrogen and oxygen atoms in total. The van der Waals surface area contributed by atoms with Crippen LogP contribution in [0.2, 0.25) is 5.15 Å². The molecule has 2 heterocycles. The lowest BCUT2D eigenvalue weighted by molar-refractivity contribution is 0.632. The quantitative estimate of drug-likeness (QED) is 0.798. The van der Waals surface area contributed by atoms with Gasteiger partial charge in [-0.1, -0.05) is 25.4 Å². The highest BCUT2D eigenvalue weighted by Crippen LogP contribution is 2.17. The first kappa shape index (κ1) is 13.1. The number of hydrogen-bond acceptors (Lipinski definition) is 2. The van der Waals surface area contributed by atoms with Gasteiger partial charge >= 0.3 is 0 Å². The van der Waals surface area contributed by atoms with Gasteiger partial charge in [-0.05, 0) is 31.4 Å². The van der Waals surface area contributed by atoms with E-state index in [0.29, 0.717) is 17.6 Å². The summed E-state index contributed by atoms with van der Waals surface area (Å²) in [6.45, 7) is 6.83. The van der Waals surface area contributed by atoms with E-state index in [0.717, 1.165) is 22.9 Å². The fraction of sp³-hybridized carbons (Fsp3) is 0.429. The summed E-state index contributed by atoms with van der Waals surface area (Å²) in [5.74, 6) is 0.459. The van der Waals surface area contributed by atoms with Crippen molar-refractivity contribution in [2.45, 2.75) is 33.7 Å². The minimum absolute atomic E-state index is 0.0842. The summed E-state index contributed by atoms with van der Waals surface area (Å²) in [5, 5.41) is 1.39. The maximum Gasteiger partial charge on any atom is 0.254 e. The second-order valence-electron chi connectivity index (χ2n) is 4.88. The maximum atomic E-state index is 12.4. The molecule has 0 aliphatic rings. The molecule has 0 aromatic carbocycles. The first-order valence-electron chi connectivity index (χ1n) is 6.21. The summed E-state index contributed by atoms with van der Waals surface area (Å²) in [7, 11) is 0. The largest absolute Gasteiger partial charge is 0.308 e. The van der Waals surface area contributed by atoms with Crippen LogP contribution in [-0.2, 0) is 13.0 Å². The average Bonchev–Trinajstić information content (AvgIpc) is 2.30. The Kier molecular flexibility index (Phi) is 3.71. The molecule has 0 N–H and O–H groups in total. The van der Waals surface area contributed by atoms with Crippen LogP contribution >= 0.6 is 11.6 Å². The topological polar surface area (TPSA) is 34.9 Å². The van der Waals surface area contributed by atoms with Gasteiger partial charge in [-0.3, -0.25) is 4.79 Å². The summed E-state index contributed by atoms with van der Waals surface area (Å²) in [5.41, 5.74) is 1.79. The number of halogens is 1. The number of aryl methyl sites for hydroxylation is 1. The molecule has 0 fully saturated rings. The van der Waals surface area contributed by atoms with E-state index in [4.69, 9.17) is 11.6 Å². The summed E-state index contributed by atoms with van der Waals surface area (Å²) >= 11 is 5.90. The predicted molar refractivity (Wildman–Crippen MR) is 75.2 cm³/mol. The van der Waals surface area contributed by atoms with Crippen LogP contribution < -0.4 is 5.56 Å². The van der Waals surface area contributed by atoms with Crippen molar-refractivity contribution in [3.63, 3.8) is 0 Å². The van der Waals surface area contributed by atoms with E-state index < -0.39 is 0 Å². The fourth-order valence-electron chi connectivity index (χ4n) is 2.21. The number of aromatic nitrogens is 2. The van der Waals surface area contributed by atoms with Crippen molar-refractivity contribution in [1.82, 2.24) is 9.55 Å². The van der Waals surface area contributed by atoms with Crippen LogP contribution in [0.3, 0.4) is 0 Å². The Labute approximate surface area is 111 Å². The molecule has 2 aromatic heterocycles. The lowest BCUT2D eigenvalue weighted by atomic mass is 10.0. The second kappa shape index (κ2) is 5.11. The zero-order valence-corrected chi connectivity index (χ0v) is 11.7. The molecule has 0 bridgehead atoms. The van der Waals surface area contributed by atoms with Crippen molar-refractivity contribution >= 4 is 22.5 Å². The van der Waals surface area contributed by atoms with Gasteiger partial charge < -0.3 is 4.57 Å². The Morgan fingerprint density at radius 1 is 1.39 bits per heavy atom. The highest BCUT2D eigenvalue weighted by molar-refractivity contribution is 6.30. The van der Waals surface area contributed by atoms with Gasteiger partial charge in [-0.2, -0.15) is 0 Å². The molecule has 0 aliphatic carbocycles. The molecule has 0 saturated heterocycles. The van der Waals surface area contributed by atoms with E-state index in [-0.39, 0.29) is 5.56 Å². The van der Waals surface area contributed by atoms with Crippen molar-refractivity contribution in [2.75, 3.05) is 0 Å². The summed E-state index contributed by atoms with van der Waals surface area (Å²) in [4.78, 5) is 16.4. The Morgan fingerprint density at radius 2 is 2.11 bits per heavy atom. The number of hydrogen-bond donors (Lipinski definition) is 0. The second-order valence-corrected chi connectivity index (χ2v) is 5.27. The molecular formula is C14H17ClN2O. The highest BCUT2D eigenvalue weighted by atomic mass is 35.5. The number of nitrogens with zero attached hydrogens (tertiary/aromatic N) is 2. The zero-order chi connectivity index (χ0) is 13.3. The summed E-state index contributed by atoms with van der Waals surface area (Å²) < 4.78 is 1.76. The van der Waals surface area contributed by atoms with E-state index >= 15 is 0 Å². The zero-order valence-electron chi connectivity index (χ0n) is 10.9. The third kappa shape index (κ3) is 2.41. The fourth-order valence-corrected chi connectivity index (χ4v) is 2.36. The third-order valence-corrected chi connectivity index (χ3v) is 3.17. The van der Waals surface area contributed by atoms with Gasteiger partial charge in [0, 0.05) is 23.7 Å². The molecule has 0 radical (unpaired) electrons. The van der Waals surface area contributed by atoms with E-state index in [1.165, 1.54) is 0 Å². The van der Waals surface area contributed by atoms with Crippen LogP contribution in [0.4, 0.5) is 0 Å². The first-order chi connectivity index (χ1) is 8.52. The molecule has 0 atom stereocenters. The van der Waals surface area contributed by atoms with Crippen LogP contribution in [0.25, 0.3) is 10.9 Å². The summed E-state index contributed by atoms with van der Waals surface area (Å²) in [6, 6.07) is 3.69. The van der Waals surface area contributed by atoms with Gasteiger partial charge in [0.1, 0.15) is 5.15 Å². The molecule has 0 saturated carbocycles. The smallest absolute Gasteiger partial charge is 0.254 e. The maximum absolute atomic E-state index is 12.4. The molecule has 0 unspecified atom stereocenters. The predicted octanol–water partition coefficient (Wildman–Crippen LogP) is 3.27. The molecule has 0 aliphatic heterocycles. The molecule has 0 spiro atoms. The van der Waals surface area contributed by atoms with Crippen molar-refractivity contribution in [3.05, 3.63) is 39.4 Å². The monoisotopic (exact) mass is 264 g/mol. The lowest BCUT2D eigenvalue weighted by Crippen LogP contribution is -2.24. The van der Waals surface area contributed by atoms with Gasteiger partial charge in [0.2, 0.25) is 0 Å². The number of rotatable bonds is 3. The minimum Gasteiger partial charge on any atom is -0.308 e. The Morgan fingerprint density at radius 3 is 2.72 bits per heavy atom. The van der Waals surface area contributed by atoms with Gasteiger partial charge in [0.15, 0.2) is 0 Å². The van der Waals surface area contributed by atoms with Crippen LogP contribution in [-0.4, -0.2) is 9.55 Å². The SMILES string of the molecule is CCn1c(=O)c(CC(C)C)cc2cnc(Cl)cc21.